The van der Waals surface area contributed by atoms with E-state index in [1.807, 2.05) is 0 Å². The number of hydrogen-bond donors (Lipinski definition) is 2. The topological polar surface area (TPSA) is 101 Å². The van der Waals surface area contributed by atoms with Crippen molar-refractivity contribution in [1.82, 2.24) is 9.97 Å². The van der Waals surface area contributed by atoms with Gasteiger partial charge in [0.15, 0.2) is 5.78 Å². The van der Waals surface area contributed by atoms with Gasteiger partial charge < -0.3 is 9.72 Å². The van der Waals surface area contributed by atoms with Gasteiger partial charge in [0.1, 0.15) is 11.6 Å². The molecule has 0 saturated carbocycles. The van der Waals surface area contributed by atoms with Gasteiger partial charge >= 0.3 is 0 Å². The highest BCUT2D eigenvalue weighted by atomic mass is 32.2. The molecule has 0 aliphatic rings. The number of methoxy groups -OCH3 is 1. The number of H-pyrrole nitrogens is 1. The maximum absolute atomic E-state index is 11.5. The zero-order chi connectivity index (χ0) is 18.2. The van der Waals surface area contributed by atoms with Gasteiger partial charge in [0, 0.05) is 11.6 Å². The van der Waals surface area contributed by atoms with E-state index in [1.54, 1.807) is 36.4 Å². The van der Waals surface area contributed by atoms with E-state index >= 15 is 0 Å². The number of rotatable bonds is 5. The van der Waals surface area contributed by atoms with Gasteiger partial charge in [-0.15, -0.1) is 0 Å². The summed E-state index contributed by atoms with van der Waals surface area (Å²) in [6, 6.07) is 10.2. The fraction of sp³-hybridized carbons (Fsp3) is 0.176. The zero-order valence-electron chi connectivity index (χ0n) is 14.0. The Balaban J connectivity index is 2.06. The number of imidazole rings is 1. The third-order valence-electron chi connectivity index (χ3n) is 3.65. The summed E-state index contributed by atoms with van der Waals surface area (Å²) in [6.07, 6.45) is 1.08. The Morgan fingerprint density at radius 3 is 2.60 bits per heavy atom. The molecule has 7 nitrogen and oxygen atoms in total. The van der Waals surface area contributed by atoms with Gasteiger partial charge in [0.05, 0.1) is 35.6 Å². The number of sulfonamides is 1. The summed E-state index contributed by atoms with van der Waals surface area (Å²) in [5.74, 6) is 1.01. The van der Waals surface area contributed by atoms with Crippen LogP contribution in [0.5, 0.6) is 5.75 Å². The molecule has 1 heterocycles. The SMILES string of the molecule is COc1cc(NS(C)(=O)=O)ccc1-c1nc2cc(C(C)=O)ccc2[nH]1. The van der Waals surface area contributed by atoms with Crippen molar-refractivity contribution in [2.45, 2.75) is 6.92 Å². The van der Waals surface area contributed by atoms with Crippen LogP contribution in [0.2, 0.25) is 0 Å². The lowest BCUT2D eigenvalue weighted by molar-refractivity contribution is 0.101. The summed E-state index contributed by atoms with van der Waals surface area (Å²) in [6.45, 7) is 1.51. The summed E-state index contributed by atoms with van der Waals surface area (Å²) in [5.41, 5.74) is 3.13. The molecule has 3 aromatic rings. The van der Waals surface area contributed by atoms with Crippen molar-refractivity contribution >= 4 is 32.5 Å². The summed E-state index contributed by atoms with van der Waals surface area (Å²) in [4.78, 5) is 19.2. The Hall–Kier alpha value is -2.87. The van der Waals surface area contributed by atoms with Gasteiger partial charge in [-0.3, -0.25) is 9.52 Å². The highest BCUT2D eigenvalue weighted by Crippen LogP contribution is 2.32. The molecule has 25 heavy (non-hydrogen) atoms. The molecule has 0 radical (unpaired) electrons. The predicted octanol–water partition coefficient (Wildman–Crippen LogP) is 2.81. The molecule has 130 valence electrons. The molecule has 1 aromatic heterocycles. The Morgan fingerprint density at radius 2 is 1.96 bits per heavy atom. The molecule has 0 bridgehead atoms. The van der Waals surface area contributed by atoms with E-state index in [0.29, 0.717) is 33.9 Å². The molecule has 0 spiro atoms. The number of benzene rings is 2. The zero-order valence-corrected chi connectivity index (χ0v) is 14.8. The number of aromatic amines is 1. The average molecular weight is 359 g/mol. The molecule has 0 saturated heterocycles. The lowest BCUT2D eigenvalue weighted by atomic mass is 10.1. The van der Waals surface area contributed by atoms with Crippen LogP contribution in [0.15, 0.2) is 36.4 Å². The first-order valence-electron chi connectivity index (χ1n) is 7.44. The Morgan fingerprint density at radius 1 is 1.20 bits per heavy atom. The molecule has 0 aliphatic carbocycles. The Bertz CT molecular complexity index is 1070. The highest BCUT2D eigenvalue weighted by molar-refractivity contribution is 7.92. The monoisotopic (exact) mass is 359 g/mol. The smallest absolute Gasteiger partial charge is 0.229 e. The van der Waals surface area contributed by atoms with Crippen LogP contribution < -0.4 is 9.46 Å². The number of aromatic nitrogens is 2. The number of ketones is 1. The van der Waals surface area contributed by atoms with Crippen LogP contribution in [0.4, 0.5) is 5.69 Å². The molecular formula is C17H17N3O4S. The predicted molar refractivity (Wildman–Crippen MR) is 96.6 cm³/mol. The van der Waals surface area contributed by atoms with Gasteiger partial charge in [-0.2, -0.15) is 0 Å². The summed E-state index contributed by atoms with van der Waals surface area (Å²) < 4.78 is 30.5. The van der Waals surface area contributed by atoms with Crippen molar-refractivity contribution in [1.29, 1.82) is 0 Å². The molecule has 8 heteroatoms. The number of hydrogen-bond acceptors (Lipinski definition) is 5. The maximum atomic E-state index is 11.5. The maximum Gasteiger partial charge on any atom is 0.229 e. The third-order valence-corrected chi connectivity index (χ3v) is 4.26. The van der Waals surface area contributed by atoms with Crippen molar-refractivity contribution in [3.05, 3.63) is 42.0 Å². The number of anilines is 1. The average Bonchev–Trinajstić information content (AvgIpc) is 2.95. The van der Waals surface area contributed by atoms with E-state index < -0.39 is 10.0 Å². The summed E-state index contributed by atoms with van der Waals surface area (Å²) in [7, 11) is -1.87. The van der Waals surface area contributed by atoms with Gasteiger partial charge in [0.25, 0.3) is 0 Å². The van der Waals surface area contributed by atoms with E-state index in [2.05, 4.69) is 14.7 Å². The molecule has 3 rings (SSSR count). The second kappa shape index (κ2) is 6.21. The van der Waals surface area contributed by atoms with Crippen molar-refractivity contribution in [3.63, 3.8) is 0 Å². The summed E-state index contributed by atoms with van der Waals surface area (Å²) in [5, 5.41) is 0. The first kappa shape index (κ1) is 17.0. The van der Waals surface area contributed by atoms with Crippen molar-refractivity contribution < 1.29 is 17.9 Å². The fourth-order valence-electron chi connectivity index (χ4n) is 2.52. The highest BCUT2D eigenvalue weighted by Gasteiger charge is 2.13. The van der Waals surface area contributed by atoms with Crippen LogP contribution in [-0.2, 0) is 10.0 Å². The van der Waals surface area contributed by atoms with Crippen LogP contribution in [0, 0.1) is 0 Å². The van der Waals surface area contributed by atoms with Crippen molar-refractivity contribution in [3.8, 4) is 17.1 Å². The lowest BCUT2D eigenvalue weighted by Gasteiger charge is -2.09. The van der Waals surface area contributed by atoms with E-state index in [9.17, 15) is 13.2 Å². The van der Waals surface area contributed by atoms with Crippen LogP contribution in [0.1, 0.15) is 17.3 Å². The number of ether oxygens (including phenoxy) is 1. The number of nitrogens with zero attached hydrogens (tertiary/aromatic N) is 1. The molecule has 0 fully saturated rings. The molecule has 0 aliphatic heterocycles. The number of carbonyl (C=O) groups is 1. The minimum atomic E-state index is -3.37. The quantitative estimate of drug-likeness (QED) is 0.682. The minimum Gasteiger partial charge on any atom is -0.496 e. The Kier molecular flexibility index (Phi) is 4.22. The molecular weight excluding hydrogens is 342 g/mol. The fourth-order valence-corrected chi connectivity index (χ4v) is 3.07. The summed E-state index contributed by atoms with van der Waals surface area (Å²) >= 11 is 0. The second-order valence-corrected chi connectivity index (χ2v) is 7.41. The molecule has 0 amide bonds. The molecule has 2 N–H and O–H groups in total. The van der Waals surface area contributed by atoms with E-state index in [-0.39, 0.29) is 5.78 Å². The van der Waals surface area contributed by atoms with Crippen molar-refractivity contribution in [2.75, 3.05) is 18.1 Å². The van der Waals surface area contributed by atoms with Gasteiger partial charge in [-0.05, 0) is 37.3 Å². The van der Waals surface area contributed by atoms with Crippen LogP contribution >= 0.6 is 0 Å². The normalized spacial score (nSPS) is 11.5. The molecule has 2 aromatic carbocycles. The number of fused-ring (bicyclic) bond motifs is 1. The third kappa shape index (κ3) is 3.63. The second-order valence-electron chi connectivity index (χ2n) is 5.66. The number of carbonyl (C=O) groups excluding carboxylic acids is 1. The number of Topliss-reactive ketones (excluding diaryl/α,β-unsaturated/α-hetero) is 1. The first-order chi connectivity index (χ1) is 11.8. The number of nitrogens with one attached hydrogen (secondary N) is 2. The van der Waals surface area contributed by atoms with Crippen LogP contribution in [0.25, 0.3) is 22.4 Å². The van der Waals surface area contributed by atoms with Crippen LogP contribution in [0.3, 0.4) is 0 Å². The van der Waals surface area contributed by atoms with E-state index in [4.69, 9.17) is 4.74 Å². The van der Waals surface area contributed by atoms with Gasteiger partial charge in [-0.1, -0.05) is 0 Å². The first-order valence-corrected chi connectivity index (χ1v) is 9.33. The van der Waals surface area contributed by atoms with Crippen molar-refractivity contribution in [2.24, 2.45) is 0 Å². The van der Waals surface area contributed by atoms with E-state index in [0.717, 1.165) is 11.8 Å². The Labute approximate surface area is 145 Å². The largest absolute Gasteiger partial charge is 0.496 e. The molecule has 0 unspecified atom stereocenters. The van der Waals surface area contributed by atoms with E-state index in [1.165, 1.54) is 14.0 Å². The van der Waals surface area contributed by atoms with Crippen LogP contribution in [-0.4, -0.2) is 37.5 Å². The minimum absolute atomic E-state index is 0.0276. The van der Waals surface area contributed by atoms with Gasteiger partial charge in [-0.25, -0.2) is 13.4 Å². The standard InChI is InChI=1S/C17H17N3O4S/c1-10(21)11-4-7-14-15(8-11)19-17(18-14)13-6-5-12(9-16(13)24-2)20-25(3,22)23/h4-9,20H,1-3H3,(H,18,19). The van der Waals surface area contributed by atoms with Gasteiger partial charge in [0.2, 0.25) is 10.0 Å². The lowest BCUT2D eigenvalue weighted by Crippen LogP contribution is -2.09. The molecule has 0 atom stereocenters.